The SMILES string of the molecule is O=c1ccc2c(n1Cc1cccnc1)CCC(NCc1cccnc1)C2. The van der Waals surface area contributed by atoms with Crippen LogP contribution in [-0.2, 0) is 25.9 Å². The third kappa shape index (κ3) is 3.73. The molecule has 0 saturated heterocycles. The third-order valence-corrected chi connectivity index (χ3v) is 4.97. The van der Waals surface area contributed by atoms with E-state index in [1.54, 1.807) is 18.5 Å². The molecular formula is C21H22N4O. The molecule has 1 aliphatic carbocycles. The van der Waals surface area contributed by atoms with Gasteiger partial charge in [0.1, 0.15) is 0 Å². The van der Waals surface area contributed by atoms with Crippen molar-refractivity contribution < 1.29 is 0 Å². The van der Waals surface area contributed by atoms with Gasteiger partial charge in [-0.2, -0.15) is 0 Å². The van der Waals surface area contributed by atoms with Gasteiger partial charge in [-0.1, -0.05) is 18.2 Å². The van der Waals surface area contributed by atoms with E-state index < -0.39 is 0 Å². The first-order valence-corrected chi connectivity index (χ1v) is 9.02. The molecule has 3 aromatic rings. The highest BCUT2D eigenvalue weighted by Crippen LogP contribution is 2.21. The van der Waals surface area contributed by atoms with Gasteiger partial charge in [0, 0.05) is 49.1 Å². The maximum atomic E-state index is 12.4. The molecule has 0 bridgehead atoms. The van der Waals surface area contributed by atoms with Gasteiger partial charge in [0.15, 0.2) is 0 Å². The van der Waals surface area contributed by atoms with Crippen molar-refractivity contribution in [3.63, 3.8) is 0 Å². The summed E-state index contributed by atoms with van der Waals surface area (Å²) in [5.41, 5.74) is 4.75. The van der Waals surface area contributed by atoms with E-state index in [4.69, 9.17) is 0 Å². The number of hydrogen-bond donors (Lipinski definition) is 1. The van der Waals surface area contributed by atoms with Crippen molar-refractivity contribution in [3.8, 4) is 0 Å². The van der Waals surface area contributed by atoms with E-state index in [1.807, 2.05) is 41.2 Å². The minimum Gasteiger partial charge on any atom is -0.310 e. The molecule has 0 aromatic carbocycles. The summed E-state index contributed by atoms with van der Waals surface area (Å²) < 4.78 is 1.91. The first kappa shape index (κ1) is 16.7. The molecule has 1 atom stereocenters. The molecule has 26 heavy (non-hydrogen) atoms. The minimum atomic E-state index is 0.0642. The Labute approximate surface area is 152 Å². The van der Waals surface area contributed by atoms with E-state index >= 15 is 0 Å². The van der Waals surface area contributed by atoms with Gasteiger partial charge in [-0.05, 0) is 48.1 Å². The van der Waals surface area contributed by atoms with E-state index in [1.165, 1.54) is 16.8 Å². The summed E-state index contributed by atoms with van der Waals surface area (Å²) in [6.07, 6.45) is 10.2. The zero-order chi connectivity index (χ0) is 17.8. The number of hydrogen-bond acceptors (Lipinski definition) is 4. The summed E-state index contributed by atoms with van der Waals surface area (Å²) in [6.45, 7) is 1.41. The Hall–Kier alpha value is -2.79. The molecule has 1 N–H and O–H groups in total. The number of aromatic nitrogens is 3. The van der Waals surface area contributed by atoms with Gasteiger partial charge in [-0.15, -0.1) is 0 Å². The van der Waals surface area contributed by atoms with Gasteiger partial charge in [-0.25, -0.2) is 0 Å². The molecule has 0 spiro atoms. The summed E-state index contributed by atoms with van der Waals surface area (Å²) in [5.74, 6) is 0. The lowest BCUT2D eigenvalue weighted by atomic mass is 9.91. The fraction of sp³-hybridized carbons (Fsp3) is 0.286. The molecule has 0 radical (unpaired) electrons. The molecule has 0 amide bonds. The van der Waals surface area contributed by atoms with Crippen LogP contribution in [0, 0.1) is 0 Å². The molecule has 3 heterocycles. The standard InChI is InChI=1S/C21H22N4O/c26-21-8-5-18-11-19(24-14-16-3-1-9-22-12-16)6-7-20(18)25(21)15-17-4-2-10-23-13-17/h1-5,8-10,12-13,19,24H,6-7,11,14-15H2. The van der Waals surface area contributed by atoms with Crippen LogP contribution >= 0.6 is 0 Å². The maximum absolute atomic E-state index is 12.4. The van der Waals surface area contributed by atoms with Crippen molar-refractivity contribution >= 4 is 0 Å². The first-order valence-electron chi connectivity index (χ1n) is 9.02. The summed E-state index contributed by atoms with van der Waals surface area (Å²) in [7, 11) is 0. The van der Waals surface area contributed by atoms with Crippen molar-refractivity contribution in [2.45, 2.75) is 38.4 Å². The van der Waals surface area contributed by atoms with Crippen LogP contribution in [0.1, 0.15) is 28.8 Å². The second-order valence-corrected chi connectivity index (χ2v) is 6.77. The van der Waals surface area contributed by atoms with Gasteiger partial charge in [0.25, 0.3) is 5.56 Å². The number of pyridine rings is 3. The molecule has 0 saturated carbocycles. The quantitative estimate of drug-likeness (QED) is 0.770. The predicted molar refractivity (Wildman–Crippen MR) is 101 cm³/mol. The largest absolute Gasteiger partial charge is 0.310 e. The van der Waals surface area contributed by atoms with E-state index in [0.29, 0.717) is 12.6 Å². The topological polar surface area (TPSA) is 59.8 Å². The van der Waals surface area contributed by atoms with Crippen molar-refractivity contribution in [1.29, 1.82) is 0 Å². The Morgan fingerprint density at radius 1 is 1.04 bits per heavy atom. The van der Waals surface area contributed by atoms with Crippen molar-refractivity contribution in [3.05, 3.63) is 93.9 Å². The highest BCUT2D eigenvalue weighted by atomic mass is 16.1. The van der Waals surface area contributed by atoms with Crippen LogP contribution < -0.4 is 10.9 Å². The Kier molecular flexibility index (Phi) is 4.88. The summed E-state index contributed by atoms with van der Waals surface area (Å²) in [6, 6.07) is 12.1. The van der Waals surface area contributed by atoms with Gasteiger partial charge >= 0.3 is 0 Å². The lowest BCUT2D eigenvalue weighted by Gasteiger charge is -2.28. The van der Waals surface area contributed by atoms with Gasteiger partial charge < -0.3 is 9.88 Å². The first-order chi connectivity index (χ1) is 12.8. The molecule has 4 rings (SSSR count). The van der Waals surface area contributed by atoms with E-state index in [0.717, 1.165) is 31.4 Å². The van der Waals surface area contributed by atoms with Crippen LogP contribution in [0.15, 0.2) is 66.0 Å². The molecule has 0 aliphatic heterocycles. The molecule has 5 heteroatoms. The molecule has 1 unspecified atom stereocenters. The molecular weight excluding hydrogens is 324 g/mol. The average Bonchev–Trinajstić information content (AvgIpc) is 2.70. The molecule has 0 fully saturated rings. The molecule has 1 aliphatic rings. The summed E-state index contributed by atoms with van der Waals surface area (Å²) in [4.78, 5) is 20.7. The zero-order valence-corrected chi connectivity index (χ0v) is 14.6. The second kappa shape index (κ2) is 7.62. The highest BCUT2D eigenvalue weighted by Gasteiger charge is 2.21. The molecule has 132 valence electrons. The number of fused-ring (bicyclic) bond motifs is 1. The normalized spacial score (nSPS) is 16.2. The Balaban J connectivity index is 1.49. The van der Waals surface area contributed by atoms with Crippen molar-refractivity contribution in [1.82, 2.24) is 19.9 Å². The fourth-order valence-corrected chi connectivity index (χ4v) is 3.61. The Bertz CT molecular complexity index is 922. The van der Waals surface area contributed by atoms with Crippen LogP contribution in [-0.4, -0.2) is 20.6 Å². The smallest absolute Gasteiger partial charge is 0.251 e. The van der Waals surface area contributed by atoms with E-state index in [-0.39, 0.29) is 5.56 Å². The van der Waals surface area contributed by atoms with Crippen LogP contribution in [0.3, 0.4) is 0 Å². The Morgan fingerprint density at radius 3 is 2.54 bits per heavy atom. The summed E-state index contributed by atoms with van der Waals surface area (Å²) in [5, 5.41) is 3.63. The highest BCUT2D eigenvalue weighted by molar-refractivity contribution is 5.27. The van der Waals surface area contributed by atoms with Crippen molar-refractivity contribution in [2.24, 2.45) is 0 Å². The van der Waals surface area contributed by atoms with Crippen LogP contribution in [0.25, 0.3) is 0 Å². The summed E-state index contributed by atoms with van der Waals surface area (Å²) >= 11 is 0. The zero-order valence-electron chi connectivity index (χ0n) is 14.6. The lowest BCUT2D eigenvalue weighted by Crippen LogP contribution is -2.37. The van der Waals surface area contributed by atoms with Gasteiger partial charge in [0.2, 0.25) is 0 Å². The third-order valence-electron chi connectivity index (χ3n) is 4.97. The van der Waals surface area contributed by atoms with Gasteiger partial charge in [-0.3, -0.25) is 14.8 Å². The molecule has 5 nitrogen and oxygen atoms in total. The van der Waals surface area contributed by atoms with Crippen LogP contribution in [0.4, 0.5) is 0 Å². The number of nitrogens with zero attached hydrogens (tertiary/aromatic N) is 3. The van der Waals surface area contributed by atoms with E-state index in [9.17, 15) is 4.79 Å². The maximum Gasteiger partial charge on any atom is 0.251 e. The predicted octanol–water partition coefficient (Wildman–Crippen LogP) is 2.33. The minimum absolute atomic E-state index is 0.0642. The molecule has 3 aromatic heterocycles. The van der Waals surface area contributed by atoms with Crippen molar-refractivity contribution in [2.75, 3.05) is 0 Å². The van der Waals surface area contributed by atoms with Crippen LogP contribution in [0.2, 0.25) is 0 Å². The number of nitrogens with one attached hydrogen (secondary N) is 1. The number of rotatable bonds is 5. The Morgan fingerprint density at radius 2 is 1.81 bits per heavy atom. The van der Waals surface area contributed by atoms with E-state index in [2.05, 4.69) is 21.4 Å². The van der Waals surface area contributed by atoms with Gasteiger partial charge in [0.05, 0.1) is 6.54 Å². The fourth-order valence-electron chi connectivity index (χ4n) is 3.61. The van der Waals surface area contributed by atoms with Crippen LogP contribution in [0.5, 0.6) is 0 Å². The average molecular weight is 346 g/mol. The second-order valence-electron chi connectivity index (χ2n) is 6.77. The monoisotopic (exact) mass is 346 g/mol. The lowest BCUT2D eigenvalue weighted by molar-refractivity contribution is 0.442.